The second-order valence-electron chi connectivity index (χ2n) is 5.84. The molecule has 1 aromatic heterocycles. The molecule has 1 heterocycles. The van der Waals surface area contributed by atoms with E-state index in [0.717, 1.165) is 11.1 Å². The lowest BCUT2D eigenvalue weighted by Gasteiger charge is -2.07. The highest BCUT2D eigenvalue weighted by Gasteiger charge is 2.21. The van der Waals surface area contributed by atoms with Gasteiger partial charge in [-0.05, 0) is 41.8 Å². The fraction of sp³-hybridized carbons (Fsp3) is 0.100. The molecule has 0 saturated carbocycles. The van der Waals surface area contributed by atoms with Crippen LogP contribution in [-0.4, -0.2) is 17.0 Å². The Morgan fingerprint density at radius 2 is 1.56 bits per heavy atom. The van der Waals surface area contributed by atoms with Crippen molar-refractivity contribution in [2.45, 2.75) is 12.8 Å². The zero-order valence-electron chi connectivity index (χ0n) is 14.0. The molecule has 27 heavy (non-hydrogen) atoms. The maximum atomic E-state index is 12.3. The van der Waals surface area contributed by atoms with E-state index in [9.17, 15) is 14.7 Å². The van der Waals surface area contributed by atoms with E-state index in [1.165, 1.54) is 11.3 Å². The van der Waals surface area contributed by atoms with Gasteiger partial charge in [0.15, 0.2) is 0 Å². The Labute approximate surface area is 170 Å². The minimum absolute atomic E-state index is 0.0853. The first kappa shape index (κ1) is 19.4. The Balaban J connectivity index is 1.74. The average Bonchev–Trinajstić information content (AvgIpc) is 3.05. The van der Waals surface area contributed by atoms with Gasteiger partial charge in [0.1, 0.15) is 5.56 Å². The number of anilines is 1. The van der Waals surface area contributed by atoms with Gasteiger partial charge in [0.25, 0.3) is 0 Å². The molecule has 0 aliphatic rings. The van der Waals surface area contributed by atoms with Gasteiger partial charge in [-0.3, -0.25) is 4.79 Å². The van der Waals surface area contributed by atoms with E-state index < -0.39 is 5.97 Å². The third kappa shape index (κ3) is 4.89. The van der Waals surface area contributed by atoms with Gasteiger partial charge < -0.3 is 10.4 Å². The number of carboxylic acid groups (broad SMARTS) is 1. The number of benzene rings is 2. The molecular formula is C20H15Cl2NO3S. The molecule has 138 valence electrons. The first-order valence-electron chi connectivity index (χ1n) is 8.09. The molecule has 2 aromatic carbocycles. The number of amides is 1. The summed E-state index contributed by atoms with van der Waals surface area (Å²) in [7, 11) is 0. The molecular weight excluding hydrogens is 405 g/mol. The van der Waals surface area contributed by atoms with E-state index in [1.54, 1.807) is 41.8 Å². The van der Waals surface area contributed by atoms with E-state index in [-0.39, 0.29) is 17.9 Å². The number of thiophene rings is 1. The van der Waals surface area contributed by atoms with Gasteiger partial charge in [-0.2, -0.15) is 0 Å². The Morgan fingerprint density at radius 3 is 2.15 bits per heavy atom. The van der Waals surface area contributed by atoms with Crippen LogP contribution in [0.5, 0.6) is 0 Å². The van der Waals surface area contributed by atoms with E-state index in [2.05, 4.69) is 5.32 Å². The number of carbonyl (C=O) groups is 2. The van der Waals surface area contributed by atoms with E-state index >= 15 is 0 Å². The Morgan fingerprint density at radius 1 is 0.963 bits per heavy atom. The number of nitrogens with one attached hydrogen (secondary N) is 1. The van der Waals surface area contributed by atoms with Crippen molar-refractivity contribution < 1.29 is 14.7 Å². The maximum absolute atomic E-state index is 12.3. The highest BCUT2D eigenvalue weighted by molar-refractivity contribution is 7.14. The smallest absolute Gasteiger partial charge is 0.339 e. The van der Waals surface area contributed by atoms with Gasteiger partial charge in [0, 0.05) is 21.8 Å². The largest absolute Gasteiger partial charge is 0.478 e. The highest BCUT2D eigenvalue weighted by atomic mass is 35.5. The maximum Gasteiger partial charge on any atom is 0.339 e. The van der Waals surface area contributed by atoms with Crippen molar-refractivity contribution in [3.8, 4) is 10.4 Å². The summed E-state index contributed by atoms with van der Waals surface area (Å²) in [5.41, 5.74) is 2.12. The van der Waals surface area contributed by atoms with Gasteiger partial charge in [0.2, 0.25) is 5.91 Å². The average molecular weight is 420 g/mol. The molecule has 0 radical (unpaired) electrons. The minimum Gasteiger partial charge on any atom is -0.478 e. The zero-order valence-corrected chi connectivity index (χ0v) is 16.4. The van der Waals surface area contributed by atoms with Crippen molar-refractivity contribution in [2.24, 2.45) is 0 Å². The summed E-state index contributed by atoms with van der Waals surface area (Å²) in [5.74, 6) is -1.33. The van der Waals surface area contributed by atoms with E-state index in [0.29, 0.717) is 27.0 Å². The number of hydrogen-bond donors (Lipinski definition) is 2. The molecule has 0 fully saturated rings. The summed E-state index contributed by atoms with van der Waals surface area (Å²) in [4.78, 5) is 24.6. The van der Waals surface area contributed by atoms with Crippen molar-refractivity contribution >= 4 is 52.1 Å². The fourth-order valence-electron chi connectivity index (χ4n) is 2.60. The highest BCUT2D eigenvalue weighted by Crippen LogP contribution is 2.36. The lowest BCUT2D eigenvalue weighted by Crippen LogP contribution is -2.14. The summed E-state index contributed by atoms with van der Waals surface area (Å²) < 4.78 is 0. The molecule has 0 atom stereocenters. The van der Waals surface area contributed by atoms with Gasteiger partial charge >= 0.3 is 5.97 Å². The van der Waals surface area contributed by atoms with Crippen LogP contribution in [0.3, 0.4) is 0 Å². The summed E-state index contributed by atoms with van der Waals surface area (Å²) in [6, 6.07) is 14.2. The zero-order chi connectivity index (χ0) is 19.4. The molecule has 2 N–H and O–H groups in total. The second kappa shape index (κ2) is 8.57. The van der Waals surface area contributed by atoms with Crippen LogP contribution < -0.4 is 5.32 Å². The molecule has 0 unspecified atom stereocenters. The van der Waals surface area contributed by atoms with E-state index in [1.807, 2.05) is 12.1 Å². The van der Waals surface area contributed by atoms with Gasteiger partial charge in [0.05, 0.1) is 10.6 Å². The summed E-state index contributed by atoms with van der Waals surface area (Å²) >= 11 is 13.0. The molecule has 0 bridgehead atoms. The number of hydrogen-bond acceptors (Lipinski definition) is 3. The molecule has 7 heteroatoms. The summed E-state index contributed by atoms with van der Waals surface area (Å²) in [5, 5.41) is 15.2. The number of aromatic carboxylic acids is 1. The third-order valence-electron chi connectivity index (χ3n) is 3.94. The van der Waals surface area contributed by atoms with Crippen LogP contribution >= 0.6 is 34.5 Å². The fourth-order valence-corrected chi connectivity index (χ4v) is 3.85. The Kier molecular flexibility index (Phi) is 6.16. The summed E-state index contributed by atoms with van der Waals surface area (Å²) in [6.45, 7) is 0. The van der Waals surface area contributed by atoms with E-state index in [4.69, 9.17) is 23.2 Å². The molecule has 0 aliphatic carbocycles. The molecule has 0 aliphatic heterocycles. The van der Waals surface area contributed by atoms with Crippen molar-refractivity contribution in [1.82, 2.24) is 0 Å². The van der Waals surface area contributed by atoms with Gasteiger partial charge in [-0.25, -0.2) is 4.79 Å². The normalized spacial score (nSPS) is 10.6. The number of carbonyl (C=O) groups excluding carboxylic acids is 1. The van der Waals surface area contributed by atoms with Crippen LogP contribution in [0.15, 0.2) is 53.9 Å². The first-order valence-corrected chi connectivity index (χ1v) is 9.72. The monoisotopic (exact) mass is 419 g/mol. The predicted molar refractivity (Wildman–Crippen MR) is 110 cm³/mol. The standard InChI is InChI=1S/C20H15Cl2NO3S/c21-14-6-1-12(2-7-14)3-10-17(24)23-16-11-27-19(18(16)20(25)26)13-4-8-15(22)9-5-13/h1-2,4-9,11H,3,10H2,(H,23,24)(H,25,26). The molecule has 4 nitrogen and oxygen atoms in total. The SMILES string of the molecule is O=C(CCc1ccc(Cl)cc1)Nc1csc(-c2ccc(Cl)cc2)c1C(=O)O. The molecule has 0 saturated heterocycles. The van der Waals surface area contributed by atoms with Crippen molar-refractivity contribution in [1.29, 1.82) is 0 Å². The van der Waals surface area contributed by atoms with Crippen molar-refractivity contribution in [2.75, 3.05) is 5.32 Å². The number of aryl methyl sites for hydroxylation is 1. The quantitative estimate of drug-likeness (QED) is 0.515. The molecule has 1 amide bonds. The van der Waals surface area contributed by atoms with Gasteiger partial charge in [-0.15, -0.1) is 11.3 Å². The summed E-state index contributed by atoms with van der Waals surface area (Å²) in [6.07, 6.45) is 0.784. The second-order valence-corrected chi connectivity index (χ2v) is 7.59. The Hall–Kier alpha value is -2.34. The van der Waals surface area contributed by atoms with Gasteiger partial charge in [-0.1, -0.05) is 47.5 Å². The molecule has 3 aromatic rings. The minimum atomic E-state index is -1.09. The molecule has 0 spiro atoms. The van der Waals surface area contributed by atoms with Crippen molar-refractivity contribution in [3.05, 3.63) is 75.1 Å². The third-order valence-corrected chi connectivity index (χ3v) is 5.47. The van der Waals surface area contributed by atoms with Crippen LogP contribution in [0.4, 0.5) is 5.69 Å². The van der Waals surface area contributed by atoms with Crippen LogP contribution in [0.1, 0.15) is 22.3 Å². The van der Waals surface area contributed by atoms with Crippen LogP contribution in [0.25, 0.3) is 10.4 Å². The van der Waals surface area contributed by atoms with Crippen LogP contribution in [-0.2, 0) is 11.2 Å². The van der Waals surface area contributed by atoms with Crippen LogP contribution in [0, 0.1) is 0 Å². The van der Waals surface area contributed by atoms with Crippen molar-refractivity contribution in [3.63, 3.8) is 0 Å². The topological polar surface area (TPSA) is 66.4 Å². The number of halogens is 2. The lowest BCUT2D eigenvalue weighted by atomic mass is 10.1. The lowest BCUT2D eigenvalue weighted by molar-refractivity contribution is -0.116. The van der Waals surface area contributed by atoms with Crippen LogP contribution in [0.2, 0.25) is 10.0 Å². The molecule has 3 rings (SSSR count). The number of carboxylic acids is 1. The number of rotatable bonds is 6. The predicted octanol–water partition coefficient (Wildman–Crippen LogP) is 5.99. The first-order chi connectivity index (χ1) is 12.9. The Bertz CT molecular complexity index is 966.